The molecule has 2 amide bonds. The van der Waals surface area contributed by atoms with Crippen LogP contribution >= 0.6 is 0 Å². The maximum Gasteiger partial charge on any atom is 0.410 e. The third kappa shape index (κ3) is 4.23. The number of hydrogen-bond donors (Lipinski definition) is 0. The molecule has 7 nitrogen and oxygen atoms in total. The highest BCUT2D eigenvalue weighted by molar-refractivity contribution is 5.87. The summed E-state index contributed by atoms with van der Waals surface area (Å²) in [5.41, 5.74) is 0.921. The van der Waals surface area contributed by atoms with Gasteiger partial charge < -0.3 is 19.3 Å². The van der Waals surface area contributed by atoms with Gasteiger partial charge in [0.25, 0.3) is 0 Å². The molecule has 1 aromatic carbocycles. The minimum absolute atomic E-state index is 0.0474. The van der Waals surface area contributed by atoms with Gasteiger partial charge in [-0.1, -0.05) is 37.3 Å². The number of nitrogens with zero attached hydrogens (tertiary/aromatic N) is 2. The normalized spacial score (nSPS) is 25.4. The van der Waals surface area contributed by atoms with Gasteiger partial charge in [0.05, 0.1) is 13.0 Å². The van der Waals surface area contributed by atoms with Gasteiger partial charge in [-0.2, -0.15) is 0 Å². The van der Waals surface area contributed by atoms with Gasteiger partial charge in [0.1, 0.15) is 12.6 Å². The molecule has 0 N–H and O–H groups in total. The molecule has 0 aliphatic carbocycles. The van der Waals surface area contributed by atoms with Gasteiger partial charge in [-0.3, -0.25) is 4.79 Å². The number of esters is 1. The Kier molecular flexibility index (Phi) is 5.98. The first-order valence-corrected chi connectivity index (χ1v) is 9.37. The highest BCUT2D eigenvalue weighted by atomic mass is 16.6. The second-order valence-corrected chi connectivity index (χ2v) is 7.19. The summed E-state index contributed by atoms with van der Waals surface area (Å²) in [6.45, 7) is 2.77. The maximum atomic E-state index is 12.9. The second kappa shape index (κ2) is 8.41. The molecule has 3 rings (SSSR count). The summed E-state index contributed by atoms with van der Waals surface area (Å²) in [7, 11) is 1.35. The first-order valence-electron chi connectivity index (χ1n) is 9.37. The summed E-state index contributed by atoms with van der Waals surface area (Å²) < 4.78 is 10.3. The molecule has 7 heteroatoms. The van der Waals surface area contributed by atoms with Crippen LogP contribution in [-0.4, -0.2) is 60.1 Å². The van der Waals surface area contributed by atoms with Crippen molar-refractivity contribution >= 4 is 18.0 Å². The van der Waals surface area contributed by atoms with Crippen LogP contribution in [0.1, 0.15) is 31.7 Å². The molecule has 2 fully saturated rings. The summed E-state index contributed by atoms with van der Waals surface area (Å²) >= 11 is 0. The summed E-state index contributed by atoms with van der Waals surface area (Å²) in [6.07, 6.45) is 1.57. The van der Waals surface area contributed by atoms with E-state index in [-0.39, 0.29) is 31.1 Å². The zero-order valence-electron chi connectivity index (χ0n) is 15.8. The SMILES string of the molecule is COC(=O)[C@@H]1CC[C@@H]2CCN(C(=O)OCc3ccccc3)C[C@H](C)C(=O)N21. The van der Waals surface area contributed by atoms with Crippen LogP contribution in [0.5, 0.6) is 0 Å². The van der Waals surface area contributed by atoms with E-state index in [2.05, 4.69) is 0 Å². The Bertz CT molecular complexity index is 693. The van der Waals surface area contributed by atoms with Crippen LogP contribution in [0.2, 0.25) is 0 Å². The van der Waals surface area contributed by atoms with Crippen LogP contribution in [-0.2, 0) is 25.7 Å². The van der Waals surface area contributed by atoms with E-state index in [1.54, 1.807) is 16.7 Å². The molecule has 0 saturated carbocycles. The molecular formula is C20H26N2O5. The Hall–Kier alpha value is -2.57. The number of rotatable bonds is 3. The number of ether oxygens (including phenoxy) is 2. The number of benzene rings is 1. The van der Waals surface area contributed by atoms with Crippen LogP contribution in [0.25, 0.3) is 0 Å². The van der Waals surface area contributed by atoms with Gasteiger partial charge in [0.2, 0.25) is 5.91 Å². The predicted octanol–water partition coefficient (Wildman–Crippen LogP) is 2.20. The van der Waals surface area contributed by atoms with Crippen LogP contribution in [0, 0.1) is 5.92 Å². The largest absolute Gasteiger partial charge is 0.467 e. The monoisotopic (exact) mass is 374 g/mol. The lowest BCUT2D eigenvalue weighted by Crippen LogP contribution is -2.53. The van der Waals surface area contributed by atoms with Gasteiger partial charge in [-0.15, -0.1) is 0 Å². The molecule has 0 radical (unpaired) electrons. The van der Waals surface area contributed by atoms with Crippen molar-refractivity contribution in [2.75, 3.05) is 20.2 Å². The quantitative estimate of drug-likeness (QED) is 0.758. The number of amides is 2. The molecule has 2 aliphatic rings. The number of fused-ring (bicyclic) bond motifs is 1. The van der Waals surface area contributed by atoms with E-state index in [1.165, 1.54) is 7.11 Å². The standard InChI is InChI=1S/C20H26N2O5/c1-14-12-21(20(25)27-13-15-6-4-3-5-7-15)11-10-16-8-9-17(19(24)26-2)22(16)18(14)23/h3-7,14,16-17H,8-13H2,1-2H3/t14-,16+,17-/m0/s1. The first kappa shape index (κ1) is 19.2. The van der Waals surface area contributed by atoms with Crippen molar-refractivity contribution in [3.8, 4) is 0 Å². The van der Waals surface area contributed by atoms with Gasteiger partial charge in [-0.05, 0) is 24.8 Å². The van der Waals surface area contributed by atoms with Crippen molar-refractivity contribution in [2.45, 2.75) is 44.9 Å². The van der Waals surface area contributed by atoms with E-state index in [9.17, 15) is 14.4 Å². The summed E-state index contributed by atoms with van der Waals surface area (Å²) in [6, 6.07) is 8.94. The fraction of sp³-hybridized carbons (Fsp3) is 0.550. The van der Waals surface area contributed by atoms with Gasteiger partial charge in [-0.25, -0.2) is 9.59 Å². The Morgan fingerprint density at radius 1 is 1.15 bits per heavy atom. The topological polar surface area (TPSA) is 76.1 Å². The molecule has 2 heterocycles. The van der Waals surface area contributed by atoms with Crippen molar-refractivity contribution in [3.63, 3.8) is 0 Å². The van der Waals surface area contributed by atoms with E-state index in [4.69, 9.17) is 9.47 Å². The molecule has 2 saturated heterocycles. The average Bonchev–Trinajstić information content (AvgIpc) is 3.11. The number of hydrogen-bond acceptors (Lipinski definition) is 5. The van der Waals surface area contributed by atoms with Crippen molar-refractivity contribution in [1.82, 2.24) is 9.80 Å². The Morgan fingerprint density at radius 3 is 2.59 bits per heavy atom. The van der Waals surface area contributed by atoms with Crippen LogP contribution < -0.4 is 0 Å². The molecular weight excluding hydrogens is 348 g/mol. The lowest BCUT2D eigenvalue weighted by Gasteiger charge is -2.36. The van der Waals surface area contributed by atoms with E-state index in [0.717, 1.165) is 12.0 Å². The van der Waals surface area contributed by atoms with Crippen LogP contribution in [0.4, 0.5) is 4.79 Å². The highest BCUT2D eigenvalue weighted by Crippen LogP contribution is 2.31. The molecule has 2 aliphatic heterocycles. The smallest absolute Gasteiger partial charge is 0.410 e. The minimum Gasteiger partial charge on any atom is -0.467 e. The average molecular weight is 374 g/mol. The molecule has 0 bridgehead atoms. The van der Waals surface area contributed by atoms with Crippen LogP contribution in [0.15, 0.2) is 30.3 Å². The summed E-state index contributed by atoms with van der Waals surface area (Å²) in [5.74, 6) is -0.867. The predicted molar refractivity (Wildman–Crippen MR) is 97.7 cm³/mol. The maximum absolute atomic E-state index is 12.9. The first-order chi connectivity index (χ1) is 13.0. The fourth-order valence-electron chi connectivity index (χ4n) is 3.90. The highest BCUT2D eigenvalue weighted by Gasteiger charge is 2.44. The molecule has 3 atom stereocenters. The van der Waals surface area contributed by atoms with E-state index in [1.807, 2.05) is 30.3 Å². The minimum atomic E-state index is -0.508. The van der Waals surface area contributed by atoms with Gasteiger partial charge in [0.15, 0.2) is 0 Å². The van der Waals surface area contributed by atoms with Crippen molar-refractivity contribution in [3.05, 3.63) is 35.9 Å². The number of methoxy groups -OCH3 is 1. The Morgan fingerprint density at radius 2 is 1.89 bits per heavy atom. The van der Waals surface area contributed by atoms with Gasteiger partial charge >= 0.3 is 12.1 Å². The zero-order valence-corrected chi connectivity index (χ0v) is 15.8. The molecule has 146 valence electrons. The molecule has 0 unspecified atom stereocenters. The molecule has 0 aromatic heterocycles. The third-order valence-corrected chi connectivity index (χ3v) is 5.34. The number of carbonyl (C=O) groups is 3. The van der Waals surface area contributed by atoms with Crippen LogP contribution in [0.3, 0.4) is 0 Å². The summed E-state index contributed by atoms with van der Waals surface area (Å²) in [5, 5.41) is 0. The van der Waals surface area contributed by atoms with E-state index in [0.29, 0.717) is 19.4 Å². The molecule has 1 aromatic rings. The lowest BCUT2D eigenvalue weighted by atomic mass is 10.0. The van der Waals surface area contributed by atoms with E-state index < -0.39 is 18.1 Å². The molecule has 27 heavy (non-hydrogen) atoms. The van der Waals surface area contributed by atoms with Crippen molar-refractivity contribution in [1.29, 1.82) is 0 Å². The van der Waals surface area contributed by atoms with E-state index >= 15 is 0 Å². The van der Waals surface area contributed by atoms with Crippen molar-refractivity contribution < 1.29 is 23.9 Å². The fourth-order valence-corrected chi connectivity index (χ4v) is 3.90. The molecule has 0 spiro atoms. The Balaban J connectivity index is 1.64. The Labute approximate surface area is 159 Å². The second-order valence-electron chi connectivity index (χ2n) is 7.19. The zero-order chi connectivity index (χ0) is 19.4. The number of carbonyl (C=O) groups excluding carboxylic acids is 3. The lowest BCUT2D eigenvalue weighted by molar-refractivity contribution is -0.154. The van der Waals surface area contributed by atoms with Gasteiger partial charge in [0, 0.05) is 19.1 Å². The third-order valence-electron chi connectivity index (χ3n) is 5.34. The van der Waals surface area contributed by atoms with Crippen molar-refractivity contribution in [2.24, 2.45) is 5.92 Å². The summed E-state index contributed by atoms with van der Waals surface area (Å²) in [4.78, 5) is 40.7.